The molecule has 1 aromatic heterocycles. The maximum atomic E-state index is 12.7. The van der Waals surface area contributed by atoms with Crippen LogP contribution in [0.15, 0.2) is 16.7 Å². The lowest BCUT2D eigenvalue weighted by molar-refractivity contribution is 0.0313. The number of carbonyl (C=O) groups is 1. The van der Waals surface area contributed by atoms with Gasteiger partial charge in [0.2, 0.25) is 10.0 Å². The highest BCUT2D eigenvalue weighted by molar-refractivity contribution is 7.88. The smallest absolute Gasteiger partial charge is 0.257 e. The van der Waals surface area contributed by atoms with Gasteiger partial charge in [0, 0.05) is 39.3 Å². The fourth-order valence-electron chi connectivity index (χ4n) is 3.17. The predicted molar refractivity (Wildman–Crippen MR) is 91.7 cm³/mol. The van der Waals surface area contributed by atoms with E-state index in [2.05, 4.69) is 4.90 Å². The van der Waals surface area contributed by atoms with E-state index in [0.717, 1.165) is 32.1 Å². The van der Waals surface area contributed by atoms with Gasteiger partial charge in [-0.25, -0.2) is 12.7 Å². The molecule has 0 unspecified atom stereocenters. The van der Waals surface area contributed by atoms with Crippen LogP contribution in [0.4, 0.5) is 0 Å². The molecule has 0 aliphatic carbocycles. The Bertz CT molecular complexity index is 696. The highest BCUT2D eigenvalue weighted by atomic mass is 32.2. The first-order valence-electron chi connectivity index (χ1n) is 8.55. The Hall–Kier alpha value is -1.42. The van der Waals surface area contributed by atoms with Crippen molar-refractivity contribution in [2.24, 2.45) is 0 Å². The number of amides is 1. The summed E-state index contributed by atoms with van der Waals surface area (Å²) in [4.78, 5) is 16.6. The van der Waals surface area contributed by atoms with Gasteiger partial charge in [0.25, 0.3) is 5.91 Å². The van der Waals surface area contributed by atoms with E-state index >= 15 is 0 Å². The standard InChI is InChI=1S/C16H25N3O5S/c1-25(21,22)19-4-2-3-18(5-6-19)16(20)14-11-15(24-13-14)12-17-7-9-23-10-8-17/h11,13H,2-10,12H2,1H3. The number of hydrogen-bond acceptors (Lipinski definition) is 6. The van der Waals surface area contributed by atoms with Gasteiger partial charge >= 0.3 is 0 Å². The van der Waals surface area contributed by atoms with E-state index in [4.69, 9.17) is 9.15 Å². The molecule has 2 fully saturated rings. The van der Waals surface area contributed by atoms with Crippen LogP contribution in [0.3, 0.4) is 0 Å². The van der Waals surface area contributed by atoms with Gasteiger partial charge in [-0.15, -0.1) is 0 Å². The molecular weight excluding hydrogens is 346 g/mol. The number of sulfonamides is 1. The monoisotopic (exact) mass is 371 g/mol. The summed E-state index contributed by atoms with van der Waals surface area (Å²) in [5.41, 5.74) is 0.524. The number of morpholine rings is 1. The van der Waals surface area contributed by atoms with Crippen LogP contribution in [0.5, 0.6) is 0 Å². The minimum Gasteiger partial charge on any atom is -0.467 e. The highest BCUT2D eigenvalue weighted by Gasteiger charge is 2.25. The summed E-state index contributed by atoms with van der Waals surface area (Å²) < 4.78 is 35.6. The summed E-state index contributed by atoms with van der Waals surface area (Å²) in [6, 6.07) is 1.79. The maximum Gasteiger partial charge on any atom is 0.257 e. The Morgan fingerprint density at radius 3 is 2.60 bits per heavy atom. The molecule has 140 valence electrons. The highest BCUT2D eigenvalue weighted by Crippen LogP contribution is 2.16. The van der Waals surface area contributed by atoms with Gasteiger partial charge in [-0.05, 0) is 12.5 Å². The van der Waals surface area contributed by atoms with Crippen molar-refractivity contribution in [2.45, 2.75) is 13.0 Å². The first kappa shape index (κ1) is 18.4. The van der Waals surface area contributed by atoms with Crippen molar-refractivity contribution in [3.05, 3.63) is 23.7 Å². The second-order valence-electron chi connectivity index (χ2n) is 6.50. The molecule has 0 radical (unpaired) electrons. The van der Waals surface area contributed by atoms with E-state index < -0.39 is 10.0 Å². The zero-order chi connectivity index (χ0) is 17.9. The van der Waals surface area contributed by atoms with Gasteiger partial charge in [0.1, 0.15) is 12.0 Å². The summed E-state index contributed by atoms with van der Waals surface area (Å²) in [5.74, 6) is 0.658. The molecule has 9 heteroatoms. The molecule has 0 aromatic carbocycles. The van der Waals surface area contributed by atoms with Crippen molar-refractivity contribution < 1.29 is 22.4 Å². The quantitative estimate of drug-likeness (QED) is 0.753. The van der Waals surface area contributed by atoms with E-state index in [1.807, 2.05) is 0 Å². The lowest BCUT2D eigenvalue weighted by atomic mass is 10.2. The fraction of sp³-hybridized carbons (Fsp3) is 0.688. The molecule has 1 aromatic rings. The minimum atomic E-state index is -3.21. The topological polar surface area (TPSA) is 83.3 Å². The van der Waals surface area contributed by atoms with Crippen LogP contribution in [0.1, 0.15) is 22.5 Å². The third-order valence-corrected chi connectivity index (χ3v) is 5.90. The van der Waals surface area contributed by atoms with Gasteiger partial charge < -0.3 is 14.1 Å². The molecule has 0 spiro atoms. The molecule has 0 atom stereocenters. The predicted octanol–water partition coefficient (Wildman–Crippen LogP) is 0.219. The number of hydrogen-bond donors (Lipinski definition) is 0. The van der Waals surface area contributed by atoms with E-state index in [0.29, 0.717) is 44.7 Å². The van der Waals surface area contributed by atoms with E-state index in [1.54, 1.807) is 11.0 Å². The summed E-state index contributed by atoms with van der Waals surface area (Å²) in [5, 5.41) is 0. The largest absolute Gasteiger partial charge is 0.467 e. The SMILES string of the molecule is CS(=O)(=O)N1CCCN(C(=O)c2coc(CN3CCOCC3)c2)CC1. The van der Waals surface area contributed by atoms with Gasteiger partial charge in [0.15, 0.2) is 0 Å². The minimum absolute atomic E-state index is 0.104. The lowest BCUT2D eigenvalue weighted by Crippen LogP contribution is -2.36. The van der Waals surface area contributed by atoms with E-state index in [1.165, 1.54) is 16.8 Å². The van der Waals surface area contributed by atoms with Crippen LogP contribution < -0.4 is 0 Å². The molecule has 1 amide bonds. The van der Waals surface area contributed by atoms with Crippen molar-refractivity contribution in [3.63, 3.8) is 0 Å². The van der Waals surface area contributed by atoms with Crippen molar-refractivity contribution in [3.8, 4) is 0 Å². The number of furan rings is 1. The number of nitrogens with zero attached hydrogens (tertiary/aromatic N) is 3. The van der Waals surface area contributed by atoms with Crippen LogP contribution in [-0.2, 0) is 21.3 Å². The molecule has 3 heterocycles. The number of rotatable bonds is 4. The van der Waals surface area contributed by atoms with E-state index in [-0.39, 0.29) is 5.91 Å². The third-order valence-electron chi connectivity index (χ3n) is 4.59. The zero-order valence-electron chi connectivity index (χ0n) is 14.5. The Morgan fingerprint density at radius 1 is 1.12 bits per heavy atom. The summed E-state index contributed by atoms with van der Waals surface area (Å²) in [7, 11) is -3.21. The summed E-state index contributed by atoms with van der Waals surface area (Å²) in [6.45, 7) is 5.56. The first-order chi connectivity index (χ1) is 11.9. The van der Waals surface area contributed by atoms with Crippen molar-refractivity contribution >= 4 is 15.9 Å². The Balaban J connectivity index is 1.59. The van der Waals surface area contributed by atoms with Crippen LogP contribution in [0.25, 0.3) is 0 Å². The van der Waals surface area contributed by atoms with E-state index in [9.17, 15) is 13.2 Å². The molecule has 25 heavy (non-hydrogen) atoms. The molecule has 8 nitrogen and oxygen atoms in total. The zero-order valence-corrected chi connectivity index (χ0v) is 15.3. The molecular formula is C16H25N3O5S. The molecule has 0 bridgehead atoms. The van der Waals surface area contributed by atoms with Crippen LogP contribution in [0.2, 0.25) is 0 Å². The second-order valence-corrected chi connectivity index (χ2v) is 8.48. The van der Waals surface area contributed by atoms with Crippen LogP contribution in [-0.4, -0.2) is 87.2 Å². The van der Waals surface area contributed by atoms with Crippen LogP contribution >= 0.6 is 0 Å². The normalized spacial score (nSPS) is 21.2. The number of carbonyl (C=O) groups excluding carboxylic acids is 1. The maximum absolute atomic E-state index is 12.7. The summed E-state index contributed by atoms with van der Waals surface area (Å²) >= 11 is 0. The lowest BCUT2D eigenvalue weighted by Gasteiger charge is -2.25. The molecule has 2 saturated heterocycles. The van der Waals surface area contributed by atoms with Crippen LogP contribution in [0, 0.1) is 0 Å². The second kappa shape index (κ2) is 7.86. The Kier molecular flexibility index (Phi) is 5.78. The average molecular weight is 371 g/mol. The van der Waals surface area contributed by atoms with Crippen molar-refractivity contribution in [2.75, 3.05) is 58.7 Å². The van der Waals surface area contributed by atoms with Gasteiger partial charge in [0.05, 0.1) is 31.6 Å². The fourth-order valence-corrected chi connectivity index (χ4v) is 4.04. The van der Waals surface area contributed by atoms with Gasteiger partial charge in [-0.2, -0.15) is 0 Å². The van der Waals surface area contributed by atoms with Crippen molar-refractivity contribution in [1.29, 1.82) is 0 Å². The molecule has 0 N–H and O–H groups in total. The molecule has 2 aliphatic heterocycles. The Labute approximate surface area is 148 Å². The third kappa shape index (κ3) is 4.81. The summed E-state index contributed by atoms with van der Waals surface area (Å²) in [6.07, 6.45) is 3.34. The average Bonchev–Trinajstić information content (AvgIpc) is 2.89. The first-order valence-corrected chi connectivity index (χ1v) is 10.4. The molecule has 3 rings (SSSR count). The molecule has 2 aliphatic rings. The number of ether oxygens (including phenoxy) is 1. The van der Waals surface area contributed by atoms with Gasteiger partial charge in [-0.1, -0.05) is 0 Å². The van der Waals surface area contributed by atoms with Crippen molar-refractivity contribution in [1.82, 2.24) is 14.1 Å². The Morgan fingerprint density at radius 2 is 1.88 bits per heavy atom. The van der Waals surface area contributed by atoms with Gasteiger partial charge in [-0.3, -0.25) is 9.69 Å². The molecule has 0 saturated carbocycles.